The topological polar surface area (TPSA) is 37.8 Å². The molecule has 2 aromatic heterocycles. The molecule has 1 N–H and O–H groups in total. The lowest BCUT2D eigenvalue weighted by Crippen LogP contribution is -1.73. The van der Waals surface area contributed by atoms with E-state index in [0.717, 1.165) is 16.8 Å². The third-order valence-electron chi connectivity index (χ3n) is 2.42. The van der Waals surface area contributed by atoms with Crippen molar-refractivity contribution in [3.8, 4) is 16.9 Å². The number of fused-ring (bicyclic) bond motifs is 1. The van der Waals surface area contributed by atoms with E-state index in [1.165, 1.54) is 0 Å². The molecule has 0 atom stereocenters. The summed E-state index contributed by atoms with van der Waals surface area (Å²) in [7, 11) is 0. The number of benzene rings is 1. The van der Waals surface area contributed by atoms with E-state index >= 15 is 0 Å². The molecule has 0 fully saturated rings. The summed E-state index contributed by atoms with van der Waals surface area (Å²) in [6, 6.07) is 9.07. The maximum Gasteiger partial charge on any atom is 0.203 e. The van der Waals surface area contributed by atoms with Crippen LogP contribution in [0.1, 0.15) is 0 Å². The van der Waals surface area contributed by atoms with Crippen LogP contribution in [-0.2, 0) is 0 Å². The molecule has 0 aliphatic carbocycles. The number of rotatable bonds is 1. The van der Waals surface area contributed by atoms with Gasteiger partial charge in [-0.15, -0.1) is 0 Å². The molecule has 3 rings (SSSR count). The first-order valence-electron chi connectivity index (χ1n) is 4.67. The highest BCUT2D eigenvalue weighted by Crippen LogP contribution is 2.24. The van der Waals surface area contributed by atoms with E-state index < -0.39 is 0 Å². The molecule has 3 nitrogen and oxygen atoms in total. The Labute approximate surface area is 86.2 Å². The summed E-state index contributed by atoms with van der Waals surface area (Å²) in [5.41, 5.74) is 2.96. The highest BCUT2D eigenvalue weighted by molar-refractivity contribution is 5.68. The number of hydrogen-bond acceptors (Lipinski definition) is 2. The molecule has 74 valence electrons. The fraction of sp³-hybridized carbons (Fsp3) is 0. The van der Waals surface area contributed by atoms with Crippen LogP contribution in [0.15, 0.2) is 53.4 Å². The average Bonchev–Trinajstić information content (AvgIpc) is 2.78. The molecule has 3 aromatic rings. The number of nitrogens with zero attached hydrogens (tertiary/aromatic N) is 1. The predicted octanol–water partition coefficient (Wildman–Crippen LogP) is 2.90. The maximum absolute atomic E-state index is 9.18. The minimum absolute atomic E-state index is 0.279. The van der Waals surface area contributed by atoms with Gasteiger partial charge in [0.05, 0.1) is 0 Å². The molecule has 0 radical (unpaired) electrons. The van der Waals surface area contributed by atoms with Crippen molar-refractivity contribution in [3.05, 3.63) is 49.0 Å². The molecule has 0 aliphatic rings. The van der Waals surface area contributed by atoms with Gasteiger partial charge in [0.1, 0.15) is 12.0 Å². The van der Waals surface area contributed by atoms with Crippen LogP contribution in [-0.4, -0.2) is 9.51 Å². The summed E-state index contributed by atoms with van der Waals surface area (Å²) in [4.78, 5) is 0. The second-order valence-electron chi connectivity index (χ2n) is 3.42. The highest BCUT2D eigenvalue weighted by atomic mass is 16.3. The Hall–Kier alpha value is -2.16. The molecule has 0 saturated carbocycles. The van der Waals surface area contributed by atoms with Gasteiger partial charge in [0.15, 0.2) is 0 Å². The molecule has 0 amide bonds. The zero-order valence-electron chi connectivity index (χ0n) is 7.92. The summed E-state index contributed by atoms with van der Waals surface area (Å²) in [5.74, 6) is 0.279. The van der Waals surface area contributed by atoms with Gasteiger partial charge in [0.2, 0.25) is 5.71 Å². The molecular formula is C12H9NO2. The smallest absolute Gasteiger partial charge is 0.203 e. The number of aromatic nitrogens is 1. The Kier molecular flexibility index (Phi) is 1.59. The minimum Gasteiger partial charge on any atom is -0.508 e. The first-order valence-corrected chi connectivity index (χ1v) is 4.67. The van der Waals surface area contributed by atoms with E-state index in [2.05, 4.69) is 0 Å². The van der Waals surface area contributed by atoms with Gasteiger partial charge in [-0.25, -0.2) is 0 Å². The number of hydrogen-bond donors (Lipinski definition) is 1. The summed E-state index contributed by atoms with van der Waals surface area (Å²) in [5, 5.41) is 9.18. The fourth-order valence-corrected chi connectivity index (χ4v) is 1.65. The first kappa shape index (κ1) is 8.17. The van der Waals surface area contributed by atoms with Crippen LogP contribution in [0, 0.1) is 0 Å². The Morgan fingerprint density at radius 2 is 1.87 bits per heavy atom. The zero-order chi connectivity index (χ0) is 10.3. The summed E-state index contributed by atoms with van der Waals surface area (Å²) < 4.78 is 7.18. The lowest BCUT2D eigenvalue weighted by Gasteiger charge is -1.96. The van der Waals surface area contributed by atoms with Crippen molar-refractivity contribution >= 4 is 5.71 Å². The Morgan fingerprint density at radius 1 is 1.07 bits per heavy atom. The predicted molar refractivity (Wildman–Crippen MR) is 56.8 cm³/mol. The van der Waals surface area contributed by atoms with Crippen LogP contribution < -0.4 is 0 Å². The summed E-state index contributed by atoms with van der Waals surface area (Å²) >= 11 is 0. The normalized spacial score (nSPS) is 10.9. The van der Waals surface area contributed by atoms with E-state index in [9.17, 15) is 5.11 Å². The van der Waals surface area contributed by atoms with Gasteiger partial charge in [-0.3, -0.25) is 4.40 Å². The molecular weight excluding hydrogens is 190 g/mol. The van der Waals surface area contributed by atoms with Crippen LogP contribution in [0.2, 0.25) is 0 Å². The van der Waals surface area contributed by atoms with E-state index in [-0.39, 0.29) is 5.75 Å². The van der Waals surface area contributed by atoms with Crippen molar-refractivity contribution < 1.29 is 9.52 Å². The lowest BCUT2D eigenvalue weighted by atomic mass is 10.1. The summed E-state index contributed by atoms with van der Waals surface area (Å²) in [6.45, 7) is 0. The van der Waals surface area contributed by atoms with Crippen LogP contribution in [0.4, 0.5) is 0 Å². The van der Waals surface area contributed by atoms with Crippen LogP contribution in [0.25, 0.3) is 16.8 Å². The van der Waals surface area contributed by atoms with Crippen molar-refractivity contribution in [1.29, 1.82) is 0 Å². The molecule has 0 aliphatic heterocycles. The van der Waals surface area contributed by atoms with E-state index in [1.807, 2.05) is 35.0 Å². The van der Waals surface area contributed by atoms with Crippen LogP contribution in [0.3, 0.4) is 0 Å². The van der Waals surface area contributed by atoms with Crippen molar-refractivity contribution in [2.45, 2.75) is 0 Å². The highest BCUT2D eigenvalue weighted by Gasteiger charge is 2.03. The molecule has 1 aromatic carbocycles. The molecule has 0 bridgehead atoms. The van der Waals surface area contributed by atoms with Crippen molar-refractivity contribution in [3.63, 3.8) is 0 Å². The Morgan fingerprint density at radius 3 is 2.60 bits per heavy atom. The van der Waals surface area contributed by atoms with Gasteiger partial charge in [-0.05, 0) is 17.7 Å². The van der Waals surface area contributed by atoms with Crippen molar-refractivity contribution in [2.24, 2.45) is 0 Å². The fourth-order valence-electron chi connectivity index (χ4n) is 1.65. The SMILES string of the molecule is Oc1ccc(-c2cc3occn3c2)cc1. The van der Waals surface area contributed by atoms with Gasteiger partial charge in [-0.2, -0.15) is 0 Å². The van der Waals surface area contributed by atoms with Gasteiger partial charge in [0.25, 0.3) is 0 Å². The molecule has 0 unspecified atom stereocenters. The third-order valence-corrected chi connectivity index (χ3v) is 2.42. The van der Waals surface area contributed by atoms with Crippen LogP contribution in [0.5, 0.6) is 5.75 Å². The largest absolute Gasteiger partial charge is 0.508 e. The van der Waals surface area contributed by atoms with Crippen molar-refractivity contribution in [1.82, 2.24) is 4.40 Å². The second kappa shape index (κ2) is 2.92. The minimum atomic E-state index is 0.279. The molecule has 3 heteroatoms. The number of aromatic hydroxyl groups is 1. The lowest BCUT2D eigenvalue weighted by molar-refractivity contribution is 0.475. The molecule has 15 heavy (non-hydrogen) atoms. The number of phenols is 1. The quantitative estimate of drug-likeness (QED) is 0.654. The van der Waals surface area contributed by atoms with Gasteiger partial charge >= 0.3 is 0 Å². The Balaban J connectivity index is 2.13. The van der Waals surface area contributed by atoms with Gasteiger partial charge in [-0.1, -0.05) is 12.1 Å². The summed E-state index contributed by atoms with van der Waals surface area (Å²) in [6.07, 6.45) is 5.50. The standard InChI is InChI=1S/C12H9NO2/c14-11-3-1-9(2-4-11)10-7-12-13(8-10)5-6-15-12/h1-8,14H. The monoisotopic (exact) mass is 199 g/mol. The molecule has 0 saturated heterocycles. The zero-order valence-corrected chi connectivity index (χ0v) is 7.92. The Bertz CT molecular complexity index is 561. The number of phenolic OH excluding ortho intramolecular Hbond substituents is 1. The number of oxazole rings is 1. The van der Waals surface area contributed by atoms with Crippen molar-refractivity contribution in [2.75, 3.05) is 0 Å². The molecule has 0 spiro atoms. The maximum atomic E-state index is 9.18. The average molecular weight is 199 g/mol. The second-order valence-corrected chi connectivity index (χ2v) is 3.42. The third kappa shape index (κ3) is 1.29. The van der Waals surface area contributed by atoms with E-state index in [1.54, 1.807) is 18.4 Å². The van der Waals surface area contributed by atoms with Crippen LogP contribution >= 0.6 is 0 Å². The van der Waals surface area contributed by atoms with E-state index in [0.29, 0.717) is 0 Å². The van der Waals surface area contributed by atoms with E-state index in [4.69, 9.17) is 4.42 Å². The van der Waals surface area contributed by atoms with Gasteiger partial charge < -0.3 is 9.52 Å². The molecule has 2 heterocycles. The first-order chi connectivity index (χ1) is 7.33. The van der Waals surface area contributed by atoms with Gasteiger partial charge in [0, 0.05) is 24.0 Å².